The Kier molecular flexibility index (Phi) is 6.13. The molecule has 0 aliphatic carbocycles. The number of ketones is 1. The van der Waals surface area contributed by atoms with Crippen molar-refractivity contribution in [1.82, 2.24) is 9.80 Å². The van der Waals surface area contributed by atoms with Crippen LogP contribution in [0.4, 0.5) is 0 Å². The molecule has 4 rings (SSSR count). The Bertz CT molecular complexity index is 1200. The first-order valence-corrected chi connectivity index (χ1v) is 11.0. The van der Waals surface area contributed by atoms with Crippen molar-refractivity contribution in [2.75, 3.05) is 26.2 Å². The highest BCUT2D eigenvalue weighted by Crippen LogP contribution is 2.40. The van der Waals surface area contributed by atoms with Crippen LogP contribution in [-0.4, -0.2) is 52.8 Å². The molecule has 0 radical (unpaired) electrons. The number of aryl methyl sites for hydroxylation is 1. The summed E-state index contributed by atoms with van der Waals surface area (Å²) in [5.41, 5.74) is 0.444. The molecule has 0 saturated heterocycles. The van der Waals surface area contributed by atoms with Crippen molar-refractivity contribution in [1.29, 1.82) is 0 Å². The van der Waals surface area contributed by atoms with Gasteiger partial charge in [0.1, 0.15) is 23.1 Å². The van der Waals surface area contributed by atoms with E-state index in [1.54, 1.807) is 43.3 Å². The number of furan rings is 2. The zero-order valence-corrected chi connectivity index (χ0v) is 19.0. The Morgan fingerprint density at radius 1 is 1.16 bits per heavy atom. The average molecular weight is 457 g/mol. The van der Waals surface area contributed by atoms with Crippen LogP contribution in [0.2, 0.25) is 5.02 Å². The Morgan fingerprint density at radius 3 is 2.56 bits per heavy atom. The molecule has 1 aliphatic rings. The molecule has 8 heteroatoms. The molecule has 1 atom stereocenters. The van der Waals surface area contributed by atoms with Gasteiger partial charge in [-0.05, 0) is 56.4 Å². The first-order valence-electron chi connectivity index (χ1n) is 10.6. The van der Waals surface area contributed by atoms with Crippen molar-refractivity contribution in [3.63, 3.8) is 0 Å². The van der Waals surface area contributed by atoms with Gasteiger partial charge in [0.15, 0.2) is 11.5 Å². The average Bonchev–Trinajstić information content (AvgIpc) is 3.45. The molecule has 0 spiro atoms. The number of aliphatic hydroxyl groups excluding tert-OH is 1. The summed E-state index contributed by atoms with van der Waals surface area (Å²) in [6, 6.07) is 9.25. The smallest absolute Gasteiger partial charge is 0.290 e. The number of halogens is 1. The molecule has 1 N–H and O–H groups in total. The lowest BCUT2D eigenvalue weighted by Crippen LogP contribution is -2.38. The molecule has 1 unspecified atom stereocenters. The predicted octanol–water partition coefficient (Wildman–Crippen LogP) is 4.91. The lowest BCUT2D eigenvalue weighted by atomic mass is 9.99. The first-order chi connectivity index (χ1) is 15.3. The maximum Gasteiger partial charge on any atom is 0.290 e. The number of amides is 1. The molecule has 1 aromatic carbocycles. The normalized spacial score (nSPS) is 16.7. The molecule has 1 aliphatic heterocycles. The van der Waals surface area contributed by atoms with E-state index in [1.807, 2.05) is 13.8 Å². The van der Waals surface area contributed by atoms with Gasteiger partial charge in [-0.15, -0.1) is 0 Å². The maximum absolute atomic E-state index is 13.5. The number of hydrogen-bond acceptors (Lipinski definition) is 6. The Balaban J connectivity index is 1.73. The van der Waals surface area contributed by atoms with Gasteiger partial charge in [0.25, 0.3) is 5.91 Å². The van der Waals surface area contributed by atoms with Gasteiger partial charge in [-0.25, -0.2) is 0 Å². The van der Waals surface area contributed by atoms with Crippen molar-refractivity contribution in [2.24, 2.45) is 0 Å². The summed E-state index contributed by atoms with van der Waals surface area (Å²) in [7, 11) is 0. The lowest BCUT2D eigenvalue weighted by molar-refractivity contribution is -0.129. The van der Waals surface area contributed by atoms with Crippen LogP contribution >= 0.6 is 11.6 Å². The number of aliphatic hydroxyl groups is 1. The van der Waals surface area contributed by atoms with Crippen LogP contribution in [0.25, 0.3) is 11.0 Å². The minimum absolute atomic E-state index is 0.0236. The number of likely N-dealkylation sites (N-methyl/N-ethyl adjacent to an activating group) is 1. The molecule has 0 bridgehead atoms. The van der Waals surface area contributed by atoms with E-state index in [0.717, 1.165) is 13.1 Å². The molecule has 1 amide bonds. The van der Waals surface area contributed by atoms with Crippen molar-refractivity contribution in [2.45, 2.75) is 26.8 Å². The van der Waals surface area contributed by atoms with Crippen molar-refractivity contribution in [3.05, 3.63) is 70.0 Å². The highest BCUT2D eigenvalue weighted by atomic mass is 35.5. The van der Waals surface area contributed by atoms with E-state index in [-0.39, 0.29) is 11.3 Å². The molecular formula is C24H25ClN2O5. The summed E-state index contributed by atoms with van der Waals surface area (Å²) in [5, 5.41) is 11.9. The maximum atomic E-state index is 13.5. The molecule has 7 nitrogen and oxygen atoms in total. The Labute approximate surface area is 190 Å². The third kappa shape index (κ3) is 3.94. The Hall–Kier alpha value is -3.03. The topological polar surface area (TPSA) is 87.1 Å². The molecule has 32 heavy (non-hydrogen) atoms. The van der Waals surface area contributed by atoms with Crippen LogP contribution in [0.3, 0.4) is 0 Å². The summed E-state index contributed by atoms with van der Waals surface area (Å²) in [5.74, 6) is -0.650. The fourth-order valence-electron chi connectivity index (χ4n) is 4.06. The van der Waals surface area contributed by atoms with E-state index in [1.165, 1.54) is 4.90 Å². The van der Waals surface area contributed by atoms with Gasteiger partial charge >= 0.3 is 0 Å². The summed E-state index contributed by atoms with van der Waals surface area (Å²) >= 11 is 6.04. The number of carbonyl (C=O) groups excluding carboxylic acids is 2. The molecular weight excluding hydrogens is 432 g/mol. The van der Waals surface area contributed by atoms with Crippen molar-refractivity contribution < 1.29 is 23.5 Å². The monoisotopic (exact) mass is 456 g/mol. The number of rotatable bonds is 8. The van der Waals surface area contributed by atoms with Crippen molar-refractivity contribution >= 4 is 34.3 Å². The zero-order chi connectivity index (χ0) is 23.0. The molecule has 2 aromatic heterocycles. The SMILES string of the molecule is CCN(CC)CCN1C(=O)C(O)=C(C(=O)c2cc3cc(Cl)ccc3o2)C1c1ccc(C)o1. The van der Waals surface area contributed by atoms with Gasteiger partial charge in [-0.2, -0.15) is 0 Å². The standard InChI is InChI=1S/C24H25ClN2O5/c1-4-26(5-2)10-11-27-21(18-8-6-14(3)31-18)20(23(29)24(27)30)22(28)19-13-15-12-16(25)7-9-17(15)32-19/h6-9,12-13,21,29H,4-5,10-11H2,1-3H3. The van der Waals surface area contributed by atoms with E-state index in [9.17, 15) is 14.7 Å². The number of hydrogen-bond donors (Lipinski definition) is 1. The second-order valence-corrected chi connectivity index (χ2v) is 8.20. The minimum Gasteiger partial charge on any atom is -0.503 e. The van der Waals surface area contributed by atoms with Crippen LogP contribution in [0, 0.1) is 6.92 Å². The van der Waals surface area contributed by atoms with Crippen LogP contribution < -0.4 is 0 Å². The highest BCUT2D eigenvalue weighted by molar-refractivity contribution is 6.31. The molecule has 3 aromatic rings. The molecule has 3 heterocycles. The van der Waals surface area contributed by atoms with Gasteiger partial charge in [-0.1, -0.05) is 25.4 Å². The molecule has 168 valence electrons. The van der Waals surface area contributed by atoms with Crippen LogP contribution in [0.1, 0.15) is 42.0 Å². The van der Waals surface area contributed by atoms with Gasteiger partial charge in [0, 0.05) is 23.5 Å². The first kappa shape index (κ1) is 22.2. The number of fused-ring (bicyclic) bond motifs is 1. The number of nitrogens with zero attached hydrogens (tertiary/aromatic N) is 2. The minimum atomic E-state index is -0.837. The van der Waals surface area contributed by atoms with E-state index in [0.29, 0.717) is 40.6 Å². The van der Waals surface area contributed by atoms with Crippen LogP contribution in [0.15, 0.2) is 56.6 Å². The third-order valence-corrected chi connectivity index (χ3v) is 6.07. The number of carbonyl (C=O) groups is 2. The van der Waals surface area contributed by atoms with E-state index >= 15 is 0 Å². The summed E-state index contributed by atoms with van der Waals surface area (Å²) in [6.07, 6.45) is 0. The van der Waals surface area contributed by atoms with Crippen LogP contribution in [0.5, 0.6) is 0 Å². The Morgan fingerprint density at radius 2 is 1.91 bits per heavy atom. The lowest BCUT2D eigenvalue weighted by Gasteiger charge is -2.27. The summed E-state index contributed by atoms with van der Waals surface area (Å²) in [6.45, 7) is 8.47. The number of benzene rings is 1. The van der Waals surface area contributed by atoms with Gasteiger partial charge in [0.05, 0.1) is 5.57 Å². The second-order valence-electron chi connectivity index (χ2n) is 7.76. The fourth-order valence-corrected chi connectivity index (χ4v) is 4.24. The van der Waals surface area contributed by atoms with E-state index in [2.05, 4.69) is 4.90 Å². The quantitative estimate of drug-likeness (QED) is 0.485. The zero-order valence-electron chi connectivity index (χ0n) is 18.2. The number of Topliss-reactive ketones (excluding diaryl/α,β-unsaturated/α-hetero) is 1. The predicted molar refractivity (Wildman–Crippen MR) is 121 cm³/mol. The summed E-state index contributed by atoms with van der Waals surface area (Å²) in [4.78, 5) is 30.1. The van der Waals surface area contributed by atoms with E-state index in [4.69, 9.17) is 20.4 Å². The van der Waals surface area contributed by atoms with Gasteiger partial charge < -0.3 is 23.7 Å². The molecule has 0 fully saturated rings. The van der Waals surface area contributed by atoms with Crippen molar-refractivity contribution in [3.8, 4) is 0 Å². The van der Waals surface area contributed by atoms with E-state index < -0.39 is 23.5 Å². The second kappa shape index (κ2) is 8.84. The third-order valence-electron chi connectivity index (χ3n) is 5.83. The van der Waals surface area contributed by atoms with Crippen LogP contribution in [-0.2, 0) is 4.79 Å². The summed E-state index contributed by atoms with van der Waals surface area (Å²) < 4.78 is 11.5. The largest absolute Gasteiger partial charge is 0.503 e. The molecule has 0 saturated carbocycles. The highest BCUT2D eigenvalue weighted by Gasteiger charge is 2.46. The van der Waals surface area contributed by atoms with Gasteiger partial charge in [0.2, 0.25) is 5.78 Å². The van der Waals surface area contributed by atoms with Gasteiger partial charge in [-0.3, -0.25) is 9.59 Å². The fraction of sp³-hybridized carbons (Fsp3) is 0.333.